The van der Waals surface area contributed by atoms with Crippen molar-refractivity contribution in [1.82, 2.24) is 0 Å². The molecule has 94 valence electrons. The van der Waals surface area contributed by atoms with Crippen LogP contribution in [0, 0.1) is 0 Å². The first kappa shape index (κ1) is 12.6. The molecule has 2 saturated carbocycles. The van der Waals surface area contributed by atoms with E-state index < -0.39 is 23.5 Å². The summed E-state index contributed by atoms with van der Waals surface area (Å²) < 4.78 is 38.2. The fourth-order valence-corrected chi connectivity index (χ4v) is 4.80. The Hall–Kier alpha value is 0.170. The van der Waals surface area contributed by atoms with Crippen LogP contribution in [0.5, 0.6) is 0 Å². The summed E-state index contributed by atoms with van der Waals surface area (Å²) in [6, 6.07) is 0. The van der Waals surface area contributed by atoms with E-state index in [2.05, 4.69) is 0 Å². The molecule has 2 fully saturated rings. The molecule has 16 heavy (non-hydrogen) atoms. The van der Waals surface area contributed by atoms with E-state index in [1.54, 1.807) is 0 Å². The summed E-state index contributed by atoms with van der Waals surface area (Å²) in [5.74, 6) is 0. The Morgan fingerprint density at radius 3 is 1.31 bits per heavy atom. The molecule has 0 N–H and O–H groups in total. The minimum atomic E-state index is -0.856. The lowest BCUT2D eigenvalue weighted by atomic mass is 9.98. The summed E-state index contributed by atoms with van der Waals surface area (Å²) in [4.78, 5) is 0. The van der Waals surface area contributed by atoms with E-state index >= 15 is 0 Å². The minimum Gasteiger partial charge on any atom is -0.616 e. The van der Waals surface area contributed by atoms with Gasteiger partial charge in [-0.15, -0.1) is 0 Å². The van der Waals surface area contributed by atoms with Gasteiger partial charge in [0.1, 0.15) is 22.8 Å². The fourth-order valence-electron chi connectivity index (χ4n) is 2.78. The second-order valence-electron chi connectivity index (χ2n) is 5.08. The average molecular weight is 250 g/mol. The molecule has 0 unspecified atom stereocenters. The third-order valence-electron chi connectivity index (χ3n) is 3.86. The SMILES string of the molecule is [O-][S+](C1CCC(F)CC1)C1CCC(F)CC1. The standard InChI is InChI=1S/C12H20F2OS/c13-9-1-5-11(6-2-9)16(15)12-7-3-10(14)4-8-12/h9-12H,1-8H2. The Morgan fingerprint density at radius 1 is 0.688 bits per heavy atom. The van der Waals surface area contributed by atoms with Gasteiger partial charge in [0.2, 0.25) is 0 Å². The largest absolute Gasteiger partial charge is 0.616 e. The van der Waals surface area contributed by atoms with Crippen LogP contribution in [-0.2, 0) is 11.2 Å². The minimum absolute atomic E-state index is 0.174. The Labute approximate surface area is 99.2 Å². The summed E-state index contributed by atoms with van der Waals surface area (Å²) >= 11 is -0.856. The molecule has 0 aromatic heterocycles. The van der Waals surface area contributed by atoms with Gasteiger partial charge < -0.3 is 4.55 Å². The van der Waals surface area contributed by atoms with Crippen LogP contribution in [0.3, 0.4) is 0 Å². The van der Waals surface area contributed by atoms with Crippen molar-refractivity contribution >= 4 is 11.2 Å². The summed E-state index contributed by atoms with van der Waals surface area (Å²) in [6.07, 6.45) is 3.90. The van der Waals surface area contributed by atoms with Crippen LogP contribution in [0.15, 0.2) is 0 Å². The predicted octanol–water partition coefficient (Wildman–Crippen LogP) is 3.30. The average Bonchev–Trinajstić information content (AvgIpc) is 2.30. The molecule has 0 radical (unpaired) electrons. The van der Waals surface area contributed by atoms with Crippen molar-refractivity contribution in [1.29, 1.82) is 0 Å². The topological polar surface area (TPSA) is 23.1 Å². The molecule has 0 aliphatic heterocycles. The molecule has 0 bridgehead atoms. The van der Waals surface area contributed by atoms with E-state index in [4.69, 9.17) is 0 Å². The zero-order valence-electron chi connectivity index (χ0n) is 9.54. The van der Waals surface area contributed by atoms with Gasteiger partial charge in [-0.1, -0.05) is 0 Å². The summed E-state index contributed by atoms with van der Waals surface area (Å²) in [7, 11) is 0. The molecule has 1 nitrogen and oxygen atoms in total. The van der Waals surface area contributed by atoms with Gasteiger partial charge >= 0.3 is 0 Å². The van der Waals surface area contributed by atoms with Crippen LogP contribution in [0.4, 0.5) is 8.78 Å². The van der Waals surface area contributed by atoms with Crippen LogP contribution >= 0.6 is 0 Å². The van der Waals surface area contributed by atoms with E-state index in [0.29, 0.717) is 25.7 Å². The second-order valence-corrected chi connectivity index (χ2v) is 7.07. The monoisotopic (exact) mass is 250 g/mol. The van der Waals surface area contributed by atoms with E-state index in [1.165, 1.54) is 0 Å². The number of hydrogen-bond donors (Lipinski definition) is 0. The molecule has 4 heteroatoms. The van der Waals surface area contributed by atoms with Crippen LogP contribution in [0.1, 0.15) is 51.4 Å². The van der Waals surface area contributed by atoms with E-state index in [-0.39, 0.29) is 10.5 Å². The fraction of sp³-hybridized carbons (Fsp3) is 1.00. The van der Waals surface area contributed by atoms with E-state index in [0.717, 1.165) is 25.7 Å². The van der Waals surface area contributed by atoms with Gasteiger partial charge in [-0.3, -0.25) is 0 Å². The molecular weight excluding hydrogens is 230 g/mol. The van der Waals surface area contributed by atoms with Crippen LogP contribution in [-0.4, -0.2) is 27.4 Å². The lowest BCUT2D eigenvalue weighted by Gasteiger charge is -2.33. The van der Waals surface area contributed by atoms with Gasteiger partial charge in [-0.05, 0) is 62.5 Å². The van der Waals surface area contributed by atoms with Crippen molar-refractivity contribution in [2.24, 2.45) is 0 Å². The Morgan fingerprint density at radius 2 is 1.00 bits per heavy atom. The van der Waals surface area contributed by atoms with Gasteiger partial charge in [0, 0.05) is 0 Å². The van der Waals surface area contributed by atoms with Crippen molar-refractivity contribution in [3.8, 4) is 0 Å². The Bertz CT molecular complexity index is 189. The van der Waals surface area contributed by atoms with Gasteiger partial charge in [0.25, 0.3) is 0 Å². The highest BCUT2D eigenvalue weighted by molar-refractivity contribution is 7.92. The Balaban J connectivity index is 1.80. The lowest BCUT2D eigenvalue weighted by Crippen LogP contribution is -2.37. The maximum atomic E-state index is 13.0. The quantitative estimate of drug-likeness (QED) is 0.690. The normalized spacial score (nSPS) is 42.9. The summed E-state index contributed by atoms with van der Waals surface area (Å²) in [5.41, 5.74) is 0. The summed E-state index contributed by atoms with van der Waals surface area (Å²) in [6.45, 7) is 0. The molecule has 0 aromatic rings. The number of halogens is 2. The predicted molar refractivity (Wildman–Crippen MR) is 62.4 cm³/mol. The molecular formula is C12H20F2OS. The molecule has 2 rings (SSSR count). The van der Waals surface area contributed by atoms with Gasteiger partial charge in [-0.2, -0.15) is 0 Å². The zero-order valence-corrected chi connectivity index (χ0v) is 10.4. The molecule has 0 heterocycles. The first-order chi connectivity index (χ1) is 7.66. The maximum absolute atomic E-state index is 13.0. The molecule has 0 spiro atoms. The first-order valence-corrected chi connectivity index (χ1v) is 7.62. The van der Waals surface area contributed by atoms with Gasteiger partial charge in [-0.25, -0.2) is 8.78 Å². The van der Waals surface area contributed by atoms with Gasteiger partial charge in [0.15, 0.2) is 0 Å². The van der Waals surface area contributed by atoms with E-state index in [9.17, 15) is 13.3 Å². The van der Waals surface area contributed by atoms with E-state index in [1.807, 2.05) is 0 Å². The van der Waals surface area contributed by atoms with Crippen molar-refractivity contribution in [2.45, 2.75) is 74.2 Å². The van der Waals surface area contributed by atoms with Crippen molar-refractivity contribution in [3.05, 3.63) is 0 Å². The smallest absolute Gasteiger partial charge is 0.116 e. The summed E-state index contributed by atoms with van der Waals surface area (Å²) in [5, 5.41) is 0.348. The Kier molecular flexibility index (Phi) is 4.48. The number of alkyl halides is 2. The maximum Gasteiger partial charge on any atom is 0.116 e. The molecule has 0 amide bonds. The first-order valence-electron chi connectivity index (χ1n) is 6.34. The molecule has 0 aromatic carbocycles. The van der Waals surface area contributed by atoms with Crippen molar-refractivity contribution in [3.63, 3.8) is 0 Å². The van der Waals surface area contributed by atoms with Gasteiger partial charge in [0.05, 0.1) is 0 Å². The van der Waals surface area contributed by atoms with Crippen molar-refractivity contribution < 1.29 is 13.3 Å². The third-order valence-corrected chi connectivity index (χ3v) is 6.12. The van der Waals surface area contributed by atoms with Crippen LogP contribution < -0.4 is 0 Å². The number of hydrogen-bond acceptors (Lipinski definition) is 1. The van der Waals surface area contributed by atoms with Crippen molar-refractivity contribution in [2.75, 3.05) is 0 Å². The molecule has 0 saturated heterocycles. The second kappa shape index (κ2) is 5.67. The van der Waals surface area contributed by atoms with Crippen LogP contribution in [0.2, 0.25) is 0 Å². The third kappa shape index (κ3) is 3.10. The number of rotatable bonds is 2. The lowest BCUT2D eigenvalue weighted by molar-refractivity contribution is 0.243. The highest BCUT2D eigenvalue weighted by Gasteiger charge is 2.36. The van der Waals surface area contributed by atoms with Crippen LogP contribution in [0.25, 0.3) is 0 Å². The highest BCUT2D eigenvalue weighted by Crippen LogP contribution is 2.33. The molecule has 2 aliphatic rings. The molecule has 0 atom stereocenters. The zero-order chi connectivity index (χ0) is 11.5. The highest BCUT2D eigenvalue weighted by atomic mass is 32.2. The molecule has 2 aliphatic carbocycles.